The molecular formula is C23H27N3O4S. The zero-order valence-electron chi connectivity index (χ0n) is 17.7. The largest absolute Gasteiger partial charge is 0.493 e. The van der Waals surface area contributed by atoms with E-state index in [-0.39, 0.29) is 4.90 Å². The van der Waals surface area contributed by atoms with E-state index in [1.54, 1.807) is 36.4 Å². The van der Waals surface area contributed by atoms with E-state index in [1.165, 1.54) is 12.3 Å². The van der Waals surface area contributed by atoms with Crippen molar-refractivity contribution in [3.05, 3.63) is 48.1 Å². The first kappa shape index (κ1) is 23.0. The highest BCUT2D eigenvalue weighted by molar-refractivity contribution is 7.90. The fourth-order valence-corrected chi connectivity index (χ4v) is 4.95. The average Bonchev–Trinajstić information content (AvgIpc) is 3.10. The van der Waals surface area contributed by atoms with Crippen molar-refractivity contribution in [2.24, 2.45) is 11.8 Å². The van der Waals surface area contributed by atoms with E-state index >= 15 is 0 Å². The quantitative estimate of drug-likeness (QED) is 0.646. The summed E-state index contributed by atoms with van der Waals surface area (Å²) in [6, 6.07) is 10.8. The molecule has 0 spiro atoms. The molecule has 7 nitrogen and oxygen atoms in total. The third-order valence-electron chi connectivity index (χ3n) is 6.07. The number of likely N-dealkylation sites (tertiary alicyclic amines) is 1. The third-order valence-corrected chi connectivity index (χ3v) is 7.20. The molecule has 1 saturated heterocycles. The molecule has 1 aliphatic carbocycles. The lowest BCUT2D eigenvalue weighted by molar-refractivity contribution is 0.0867. The third kappa shape index (κ3) is 5.34. The van der Waals surface area contributed by atoms with Crippen molar-refractivity contribution < 1.29 is 18.3 Å². The smallest absolute Gasteiger partial charge is 0.177 e. The minimum absolute atomic E-state index is 0.265. The van der Waals surface area contributed by atoms with Crippen molar-refractivity contribution in [3.63, 3.8) is 0 Å². The first-order chi connectivity index (χ1) is 14.7. The monoisotopic (exact) mass is 441 g/mol. The van der Waals surface area contributed by atoms with Crippen LogP contribution in [0.4, 0.5) is 0 Å². The van der Waals surface area contributed by atoms with Gasteiger partial charge in [0.15, 0.2) is 15.4 Å². The Bertz CT molecular complexity index is 1050. The Hall–Kier alpha value is -2.65. The molecule has 31 heavy (non-hydrogen) atoms. The molecule has 1 N–H and O–H groups in total. The second-order valence-electron chi connectivity index (χ2n) is 8.37. The van der Waals surface area contributed by atoms with Crippen molar-refractivity contribution in [2.75, 3.05) is 26.0 Å². The fraction of sp³-hybridized carbons (Fsp3) is 0.478. The van der Waals surface area contributed by atoms with Crippen molar-refractivity contribution >= 4 is 9.84 Å². The number of hydrogen-bond acceptors (Lipinski definition) is 7. The lowest BCUT2D eigenvalue weighted by Crippen LogP contribution is -2.40. The molecule has 3 rings (SSSR count). The number of hydrogen-bond donors (Lipinski definition) is 1. The van der Waals surface area contributed by atoms with Crippen LogP contribution in [0, 0.1) is 34.5 Å². The number of allylic oxidation sites excluding steroid dienone is 2. The second kappa shape index (κ2) is 9.23. The number of ether oxygens (including phenoxy) is 1. The molecule has 2 unspecified atom stereocenters. The predicted octanol–water partition coefficient (Wildman–Crippen LogP) is 2.46. The van der Waals surface area contributed by atoms with Gasteiger partial charge in [0.05, 0.1) is 17.6 Å². The van der Waals surface area contributed by atoms with Gasteiger partial charge in [0.25, 0.3) is 0 Å². The molecule has 0 bridgehead atoms. The Morgan fingerprint density at radius 1 is 1.29 bits per heavy atom. The minimum atomic E-state index is -3.23. The lowest BCUT2D eigenvalue weighted by Gasteiger charge is -2.31. The minimum Gasteiger partial charge on any atom is -0.493 e. The number of nitrogens with zero attached hydrogens (tertiary/aromatic N) is 3. The maximum absolute atomic E-state index is 11.6. The molecule has 1 aliphatic heterocycles. The normalized spacial score (nSPS) is 28.5. The Morgan fingerprint density at radius 3 is 2.61 bits per heavy atom. The summed E-state index contributed by atoms with van der Waals surface area (Å²) in [6.45, 7) is 4.15. The van der Waals surface area contributed by atoms with Gasteiger partial charge in [0, 0.05) is 36.3 Å². The first-order valence-electron chi connectivity index (χ1n) is 10.3. The standard InChI is InChI=1S/C23H27N3O4S/c1-17-12-18(15-30-20-5-7-21(8-6-20)31(2,28)29)14-26(17)11-9-22-19(13-24)4-3-10-23(22,27)16-25/h3-8,10,17-18,22,27H,9,11-12,14-15H2,1-2H3/t17-,18+,22?,23?/m1/s1. The van der Waals surface area contributed by atoms with Crippen LogP contribution in [0.5, 0.6) is 5.75 Å². The summed E-state index contributed by atoms with van der Waals surface area (Å²) >= 11 is 0. The molecule has 8 heteroatoms. The zero-order valence-corrected chi connectivity index (χ0v) is 18.5. The highest BCUT2D eigenvalue weighted by atomic mass is 32.2. The second-order valence-corrected chi connectivity index (χ2v) is 10.4. The number of rotatable bonds is 7. The Balaban J connectivity index is 1.54. The molecule has 0 saturated carbocycles. The summed E-state index contributed by atoms with van der Waals surface area (Å²) in [5.41, 5.74) is -1.22. The summed E-state index contributed by atoms with van der Waals surface area (Å²) in [7, 11) is -3.23. The zero-order chi connectivity index (χ0) is 22.6. The molecule has 2 aliphatic rings. The van der Waals surface area contributed by atoms with Gasteiger partial charge in [0.2, 0.25) is 0 Å². The van der Waals surface area contributed by atoms with Crippen molar-refractivity contribution in [2.45, 2.75) is 36.3 Å². The van der Waals surface area contributed by atoms with Gasteiger partial charge in [0.1, 0.15) is 11.8 Å². The van der Waals surface area contributed by atoms with E-state index in [0.717, 1.165) is 13.0 Å². The van der Waals surface area contributed by atoms with Gasteiger partial charge >= 0.3 is 0 Å². The van der Waals surface area contributed by atoms with Gasteiger partial charge < -0.3 is 14.7 Å². The van der Waals surface area contributed by atoms with Gasteiger partial charge in [-0.1, -0.05) is 6.08 Å². The molecule has 0 amide bonds. The Kier molecular flexibility index (Phi) is 6.86. The topological polar surface area (TPSA) is 114 Å². The Morgan fingerprint density at radius 2 is 2.00 bits per heavy atom. The number of benzene rings is 1. The van der Waals surface area contributed by atoms with Gasteiger partial charge in [-0.25, -0.2) is 8.42 Å². The first-order valence-corrected chi connectivity index (χ1v) is 12.2. The van der Waals surface area contributed by atoms with Crippen LogP contribution in [-0.4, -0.2) is 56.0 Å². The van der Waals surface area contributed by atoms with Gasteiger partial charge in [-0.05, 0) is 62.7 Å². The lowest BCUT2D eigenvalue weighted by atomic mass is 9.77. The molecule has 1 fully saturated rings. The van der Waals surface area contributed by atoms with E-state index in [1.807, 2.05) is 6.07 Å². The molecule has 0 aromatic heterocycles. The molecule has 1 aromatic rings. The number of aliphatic hydroxyl groups is 1. The van der Waals surface area contributed by atoms with Crippen LogP contribution >= 0.6 is 0 Å². The van der Waals surface area contributed by atoms with E-state index in [0.29, 0.717) is 42.9 Å². The summed E-state index contributed by atoms with van der Waals surface area (Å²) < 4.78 is 29.0. The highest BCUT2D eigenvalue weighted by Gasteiger charge is 2.40. The van der Waals surface area contributed by atoms with Gasteiger partial charge in [-0.3, -0.25) is 0 Å². The van der Waals surface area contributed by atoms with Crippen LogP contribution in [0.2, 0.25) is 0 Å². The molecular weight excluding hydrogens is 414 g/mol. The van der Waals surface area contributed by atoms with Crippen LogP contribution < -0.4 is 4.74 Å². The average molecular weight is 442 g/mol. The van der Waals surface area contributed by atoms with Crippen LogP contribution in [-0.2, 0) is 9.84 Å². The summed E-state index contributed by atoms with van der Waals surface area (Å²) in [5.74, 6) is 0.412. The molecule has 0 radical (unpaired) electrons. The summed E-state index contributed by atoms with van der Waals surface area (Å²) in [4.78, 5) is 2.56. The van der Waals surface area contributed by atoms with E-state index < -0.39 is 21.4 Å². The van der Waals surface area contributed by atoms with Crippen molar-refractivity contribution in [1.29, 1.82) is 10.5 Å². The van der Waals surface area contributed by atoms with Gasteiger partial charge in [-0.2, -0.15) is 10.5 Å². The van der Waals surface area contributed by atoms with Crippen LogP contribution in [0.1, 0.15) is 19.8 Å². The maximum Gasteiger partial charge on any atom is 0.177 e. The molecule has 1 heterocycles. The van der Waals surface area contributed by atoms with Crippen LogP contribution in [0.25, 0.3) is 0 Å². The highest BCUT2D eigenvalue weighted by Crippen LogP contribution is 2.34. The maximum atomic E-state index is 11.6. The van der Waals surface area contributed by atoms with Crippen molar-refractivity contribution in [1.82, 2.24) is 4.90 Å². The van der Waals surface area contributed by atoms with Crippen LogP contribution in [0.3, 0.4) is 0 Å². The van der Waals surface area contributed by atoms with E-state index in [2.05, 4.69) is 17.9 Å². The summed E-state index contributed by atoms with van der Waals surface area (Å²) in [6.07, 6.45) is 7.32. The predicted molar refractivity (Wildman–Crippen MR) is 116 cm³/mol. The van der Waals surface area contributed by atoms with Crippen LogP contribution in [0.15, 0.2) is 53.0 Å². The van der Waals surface area contributed by atoms with E-state index in [9.17, 15) is 24.0 Å². The number of sulfone groups is 1. The van der Waals surface area contributed by atoms with Gasteiger partial charge in [-0.15, -0.1) is 0 Å². The SMILES string of the molecule is C[C@@H]1C[C@H](COc2ccc(S(C)(=O)=O)cc2)CN1CCC1C(C#N)=CC=CC1(O)C#N. The fourth-order valence-electron chi connectivity index (χ4n) is 4.32. The van der Waals surface area contributed by atoms with Crippen molar-refractivity contribution in [3.8, 4) is 17.9 Å². The summed E-state index contributed by atoms with van der Waals surface area (Å²) in [5, 5.41) is 29.4. The molecule has 4 atom stereocenters. The Labute approximate surface area is 183 Å². The van der Waals surface area contributed by atoms with E-state index in [4.69, 9.17) is 4.74 Å². The molecule has 1 aromatic carbocycles. The number of nitriles is 2. The molecule has 164 valence electrons.